The summed E-state index contributed by atoms with van der Waals surface area (Å²) in [7, 11) is -4.58. The van der Waals surface area contributed by atoms with E-state index in [0.717, 1.165) is 19.3 Å². The van der Waals surface area contributed by atoms with Gasteiger partial charge in [0.05, 0.1) is 0 Å². The molecule has 1 heterocycles. The quantitative estimate of drug-likeness (QED) is 0.485. The zero-order valence-corrected chi connectivity index (χ0v) is 12.4. The molecule has 112 valence electrons. The van der Waals surface area contributed by atoms with Crippen LogP contribution in [0.5, 0.6) is 0 Å². The van der Waals surface area contributed by atoms with E-state index < -0.39 is 15.5 Å². The monoisotopic (exact) mass is 293 g/mol. The third-order valence-electron chi connectivity index (χ3n) is 3.61. The summed E-state index contributed by atoms with van der Waals surface area (Å²) in [6.45, 7) is 2.75. The van der Waals surface area contributed by atoms with Crippen molar-refractivity contribution in [2.75, 3.05) is 13.1 Å². The number of halogens is 1. The fourth-order valence-electron chi connectivity index (χ4n) is 2.40. The highest BCUT2D eigenvalue weighted by molar-refractivity contribution is 7.87. The third-order valence-corrected chi connectivity index (χ3v) is 4.72. The van der Waals surface area contributed by atoms with Gasteiger partial charge in [-0.15, -0.1) is 3.89 Å². The van der Waals surface area contributed by atoms with E-state index >= 15 is 0 Å². The Bertz CT molecular complexity index is 383. The Balaban J connectivity index is 2.15. The molecule has 0 aromatic heterocycles. The largest absolute Gasteiger partial charge is 0.341 e. The highest BCUT2D eigenvalue weighted by Crippen LogP contribution is 2.20. The Morgan fingerprint density at radius 2 is 1.74 bits per heavy atom. The maximum absolute atomic E-state index is 12.8. The number of carbonyl (C=O) groups excluding carboxylic acids is 1. The first-order valence-corrected chi connectivity index (χ1v) is 8.61. The predicted octanol–water partition coefficient (Wildman–Crippen LogP) is 2.64. The summed E-state index contributed by atoms with van der Waals surface area (Å²) in [6, 6.07) is 0. The lowest BCUT2D eigenvalue weighted by molar-refractivity contribution is -0.127. The molecule has 19 heavy (non-hydrogen) atoms. The zero-order valence-electron chi connectivity index (χ0n) is 11.6. The topological polar surface area (TPSA) is 54.5 Å². The predicted molar refractivity (Wildman–Crippen MR) is 73.0 cm³/mol. The molecule has 0 bridgehead atoms. The van der Waals surface area contributed by atoms with Gasteiger partial charge in [0.1, 0.15) is 5.25 Å². The van der Waals surface area contributed by atoms with Crippen molar-refractivity contribution in [3.05, 3.63) is 0 Å². The van der Waals surface area contributed by atoms with Crippen LogP contribution in [0.4, 0.5) is 3.89 Å². The molecule has 1 atom stereocenters. The number of carbonyl (C=O) groups is 1. The lowest BCUT2D eigenvalue weighted by Gasteiger charge is -2.15. The lowest BCUT2D eigenvalue weighted by atomic mass is 10.1. The van der Waals surface area contributed by atoms with Crippen LogP contribution in [0.25, 0.3) is 0 Å². The minimum Gasteiger partial charge on any atom is -0.341 e. The van der Waals surface area contributed by atoms with Gasteiger partial charge in [-0.2, -0.15) is 8.42 Å². The maximum Gasteiger partial charge on any atom is 0.307 e. The molecule has 0 spiro atoms. The van der Waals surface area contributed by atoms with Crippen LogP contribution in [0, 0.1) is 0 Å². The Labute approximate surface area is 115 Å². The molecule has 0 radical (unpaired) electrons. The SMILES string of the molecule is CCCCCCCCCN1CC(S(=O)(=O)F)CC1=O. The second-order valence-corrected chi connectivity index (χ2v) is 6.88. The number of nitrogens with zero attached hydrogens (tertiary/aromatic N) is 1. The van der Waals surface area contributed by atoms with Gasteiger partial charge < -0.3 is 4.90 Å². The fraction of sp³-hybridized carbons (Fsp3) is 0.923. The Hall–Kier alpha value is -0.650. The number of unbranched alkanes of at least 4 members (excludes halogenated alkanes) is 6. The van der Waals surface area contributed by atoms with Crippen LogP contribution in [-0.2, 0) is 15.0 Å². The summed E-state index contributed by atoms with van der Waals surface area (Å²) in [5.74, 6) is -0.239. The first-order valence-electron chi connectivity index (χ1n) is 7.16. The second kappa shape index (κ2) is 7.82. The highest BCUT2D eigenvalue weighted by Gasteiger charge is 2.37. The first-order chi connectivity index (χ1) is 8.95. The highest BCUT2D eigenvalue weighted by atomic mass is 32.3. The van der Waals surface area contributed by atoms with Crippen LogP contribution < -0.4 is 0 Å². The van der Waals surface area contributed by atoms with Gasteiger partial charge in [-0.05, 0) is 6.42 Å². The number of rotatable bonds is 9. The Kier molecular flexibility index (Phi) is 6.75. The summed E-state index contributed by atoms with van der Waals surface area (Å²) >= 11 is 0. The summed E-state index contributed by atoms with van der Waals surface area (Å²) in [6.07, 6.45) is 7.81. The van der Waals surface area contributed by atoms with Gasteiger partial charge in [0, 0.05) is 19.5 Å². The van der Waals surface area contributed by atoms with Crippen LogP contribution in [0.3, 0.4) is 0 Å². The lowest BCUT2D eigenvalue weighted by Crippen LogP contribution is -2.28. The van der Waals surface area contributed by atoms with Crippen molar-refractivity contribution in [1.29, 1.82) is 0 Å². The van der Waals surface area contributed by atoms with Crippen molar-refractivity contribution in [2.45, 2.75) is 63.5 Å². The maximum atomic E-state index is 12.8. The van der Waals surface area contributed by atoms with E-state index in [0.29, 0.717) is 6.54 Å². The van der Waals surface area contributed by atoms with Crippen LogP contribution in [0.1, 0.15) is 58.3 Å². The van der Waals surface area contributed by atoms with Crippen molar-refractivity contribution >= 4 is 16.1 Å². The van der Waals surface area contributed by atoms with Gasteiger partial charge in [0.25, 0.3) is 0 Å². The molecule has 1 saturated heterocycles. The smallest absolute Gasteiger partial charge is 0.307 e. The van der Waals surface area contributed by atoms with Gasteiger partial charge in [0.15, 0.2) is 0 Å². The van der Waals surface area contributed by atoms with E-state index in [9.17, 15) is 17.1 Å². The van der Waals surface area contributed by atoms with E-state index in [1.165, 1.54) is 30.6 Å². The van der Waals surface area contributed by atoms with Gasteiger partial charge in [-0.1, -0.05) is 45.4 Å². The van der Waals surface area contributed by atoms with Crippen LogP contribution in [0.2, 0.25) is 0 Å². The molecule has 0 saturated carbocycles. The number of hydrogen-bond donors (Lipinski definition) is 0. The van der Waals surface area contributed by atoms with Crippen molar-refractivity contribution in [2.24, 2.45) is 0 Å². The van der Waals surface area contributed by atoms with Crippen molar-refractivity contribution in [3.8, 4) is 0 Å². The minimum absolute atomic E-state index is 0.0213. The number of amides is 1. The molecule has 1 aliphatic heterocycles. The molecular formula is C13H24FNO3S. The fourth-order valence-corrected chi connectivity index (χ4v) is 3.10. The first kappa shape index (κ1) is 16.4. The molecular weight excluding hydrogens is 269 g/mol. The summed E-state index contributed by atoms with van der Waals surface area (Å²) < 4.78 is 34.3. The summed E-state index contributed by atoms with van der Waals surface area (Å²) in [4.78, 5) is 13.0. The van der Waals surface area contributed by atoms with E-state index in [1.807, 2.05) is 0 Å². The molecule has 0 aliphatic carbocycles. The van der Waals surface area contributed by atoms with Gasteiger partial charge in [-0.3, -0.25) is 4.79 Å². The van der Waals surface area contributed by atoms with Crippen molar-refractivity contribution in [1.82, 2.24) is 4.90 Å². The average Bonchev–Trinajstić information content (AvgIpc) is 2.70. The average molecular weight is 293 g/mol. The number of hydrogen-bond acceptors (Lipinski definition) is 3. The van der Waals surface area contributed by atoms with Gasteiger partial charge in [0.2, 0.25) is 5.91 Å². The van der Waals surface area contributed by atoms with Crippen LogP contribution in [0.15, 0.2) is 0 Å². The second-order valence-electron chi connectivity index (χ2n) is 5.26. The van der Waals surface area contributed by atoms with Gasteiger partial charge >= 0.3 is 10.2 Å². The molecule has 0 aromatic rings. The standard InChI is InChI=1S/C13H24FNO3S/c1-2-3-4-5-6-7-8-9-15-11-12(10-13(15)16)19(14,17)18/h12H,2-11H2,1H3. The molecule has 4 nitrogen and oxygen atoms in total. The summed E-state index contributed by atoms with van der Waals surface area (Å²) in [5, 5.41) is -1.15. The molecule has 0 N–H and O–H groups in total. The van der Waals surface area contributed by atoms with E-state index in [1.54, 1.807) is 0 Å². The Morgan fingerprint density at radius 1 is 1.16 bits per heavy atom. The van der Waals surface area contributed by atoms with E-state index in [2.05, 4.69) is 6.92 Å². The van der Waals surface area contributed by atoms with Crippen LogP contribution in [-0.4, -0.2) is 37.6 Å². The number of likely N-dealkylation sites (tertiary alicyclic amines) is 1. The molecule has 6 heteroatoms. The van der Waals surface area contributed by atoms with Crippen molar-refractivity contribution in [3.63, 3.8) is 0 Å². The summed E-state index contributed by atoms with van der Waals surface area (Å²) in [5.41, 5.74) is 0. The molecule has 1 aliphatic rings. The normalized spacial score (nSPS) is 20.2. The molecule has 1 fully saturated rings. The molecule has 0 aromatic carbocycles. The third kappa shape index (κ3) is 5.89. The van der Waals surface area contributed by atoms with E-state index in [-0.39, 0.29) is 18.9 Å². The van der Waals surface area contributed by atoms with Gasteiger partial charge in [-0.25, -0.2) is 0 Å². The molecule has 1 rings (SSSR count). The van der Waals surface area contributed by atoms with E-state index in [4.69, 9.17) is 0 Å². The Morgan fingerprint density at radius 3 is 2.26 bits per heavy atom. The zero-order chi connectivity index (χ0) is 14.3. The molecule has 1 unspecified atom stereocenters. The minimum atomic E-state index is -4.58. The van der Waals surface area contributed by atoms with Crippen LogP contribution >= 0.6 is 0 Å². The van der Waals surface area contributed by atoms with Crippen molar-refractivity contribution < 1.29 is 17.1 Å². The molecule has 1 amide bonds.